The quantitative estimate of drug-likeness (QED) is 0.711. The fourth-order valence-corrected chi connectivity index (χ4v) is 3.91. The molecule has 0 unspecified atom stereocenters. The van der Waals surface area contributed by atoms with Crippen molar-refractivity contribution in [3.05, 3.63) is 70.9 Å². The summed E-state index contributed by atoms with van der Waals surface area (Å²) in [4.78, 5) is 12.4. The number of carbonyl (C=O) groups excluding carboxylic acids is 1. The number of hydrogen-bond donors (Lipinski definition) is 1. The lowest BCUT2D eigenvalue weighted by Gasteiger charge is -2.12. The number of carbonyl (C=O) groups is 1. The first-order valence-electron chi connectivity index (χ1n) is 8.13. The zero-order chi connectivity index (χ0) is 17.9. The maximum atomic E-state index is 12.4. The predicted molar refractivity (Wildman–Crippen MR) is 104 cm³/mol. The van der Waals surface area contributed by atoms with Crippen molar-refractivity contribution in [3.8, 4) is 11.4 Å². The van der Waals surface area contributed by atoms with Crippen LogP contribution in [0.1, 0.15) is 11.3 Å². The number of amides is 1. The zero-order valence-electron chi connectivity index (χ0n) is 13.8. The molecule has 1 aliphatic rings. The third-order valence-corrected chi connectivity index (χ3v) is 5.22. The molecule has 132 valence electrons. The number of benzene rings is 2. The number of ether oxygens (including phenoxy) is 1. The lowest BCUT2D eigenvalue weighted by molar-refractivity contribution is -0.118. The molecule has 0 aliphatic carbocycles. The molecule has 0 spiro atoms. The number of nitrogens with zero attached hydrogens (tertiary/aromatic N) is 2. The summed E-state index contributed by atoms with van der Waals surface area (Å²) in [5.74, 6) is 2.82. The van der Waals surface area contributed by atoms with Gasteiger partial charge in [0, 0.05) is 22.1 Å². The molecule has 0 atom stereocenters. The van der Waals surface area contributed by atoms with Gasteiger partial charge < -0.3 is 10.1 Å². The van der Waals surface area contributed by atoms with Crippen molar-refractivity contribution >= 4 is 35.1 Å². The molecule has 26 heavy (non-hydrogen) atoms. The molecule has 0 radical (unpaired) electrons. The van der Waals surface area contributed by atoms with E-state index in [1.807, 2.05) is 54.6 Å². The molecule has 0 saturated carbocycles. The summed E-state index contributed by atoms with van der Waals surface area (Å²) in [7, 11) is 0. The second-order valence-corrected chi connectivity index (χ2v) is 7.23. The monoisotopic (exact) mass is 385 g/mol. The van der Waals surface area contributed by atoms with E-state index in [1.165, 1.54) is 0 Å². The minimum Gasteiger partial charge on any atom is -0.484 e. The normalized spacial score (nSPS) is 12.7. The van der Waals surface area contributed by atoms with Gasteiger partial charge in [-0.1, -0.05) is 29.8 Å². The van der Waals surface area contributed by atoms with E-state index < -0.39 is 0 Å². The van der Waals surface area contributed by atoms with Gasteiger partial charge in [-0.25, -0.2) is 4.68 Å². The molecule has 1 amide bonds. The minimum absolute atomic E-state index is 0.0578. The molecule has 0 saturated heterocycles. The topological polar surface area (TPSA) is 56.1 Å². The fourth-order valence-electron chi connectivity index (χ4n) is 2.74. The maximum Gasteiger partial charge on any atom is 0.263 e. The number of halogens is 1. The molecule has 5 nitrogen and oxygen atoms in total. The van der Waals surface area contributed by atoms with Gasteiger partial charge in [0.2, 0.25) is 0 Å². The van der Waals surface area contributed by atoms with Gasteiger partial charge in [0.15, 0.2) is 6.61 Å². The van der Waals surface area contributed by atoms with Gasteiger partial charge in [-0.3, -0.25) is 4.79 Å². The van der Waals surface area contributed by atoms with Gasteiger partial charge >= 0.3 is 0 Å². The molecular weight excluding hydrogens is 370 g/mol. The average molecular weight is 386 g/mol. The van der Waals surface area contributed by atoms with E-state index in [-0.39, 0.29) is 12.5 Å². The van der Waals surface area contributed by atoms with Crippen LogP contribution in [0.5, 0.6) is 5.75 Å². The Balaban J connectivity index is 1.55. The highest BCUT2D eigenvalue weighted by molar-refractivity contribution is 7.98. The molecule has 1 N–H and O–H groups in total. The van der Waals surface area contributed by atoms with Crippen molar-refractivity contribution in [1.82, 2.24) is 9.78 Å². The summed E-state index contributed by atoms with van der Waals surface area (Å²) in [6, 6.07) is 16.7. The summed E-state index contributed by atoms with van der Waals surface area (Å²) in [6.07, 6.45) is 0. The first-order chi connectivity index (χ1) is 12.7. The number of fused-ring (bicyclic) bond motifs is 1. The Morgan fingerprint density at radius 1 is 1.15 bits per heavy atom. The van der Waals surface area contributed by atoms with Crippen LogP contribution in [0.4, 0.5) is 5.82 Å². The second-order valence-electron chi connectivity index (χ2n) is 5.80. The van der Waals surface area contributed by atoms with Crippen molar-refractivity contribution < 1.29 is 9.53 Å². The third-order valence-electron chi connectivity index (χ3n) is 3.99. The van der Waals surface area contributed by atoms with Crippen molar-refractivity contribution in [2.45, 2.75) is 11.5 Å². The van der Waals surface area contributed by atoms with Gasteiger partial charge in [-0.15, -0.1) is 0 Å². The lowest BCUT2D eigenvalue weighted by Crippen LogP contribution is -2.22. The van der Waals surface area contributed by atoms with Crippen LogP contribution in [-0.2, 0) is 16.3 Å². The number of anilines is 1. The van der Waals surface area contributed by atoms with Crippen LogP contribution < -0.4 is 10.1 Å². The summed E-state index contributed by atoms with van der Waals surface area (Å²) < 4.78 is 7.30. The third kappa shape index (κ3) is 3.57. The number of nitrogens with one attached hydrogen (secondary N) is 1. The van der Waals surface area contributed by atoms with Crippen LogP contribution in [0.3, 0.4) is 0 Å². The molecule has 0 bridgehead atoms. The van der Waals surface area contributed by atoms with E-state index in [0.29, 0.717) is 16.6 Å². The van der Waals surface area contributed by atoms with Gasteiger partial charge in [0.05, 0.1) is 11.4 Å². The van der Waals surface area contributed by atoms with Crippen molar-refractivity contribution in [2.24, 2.45) is 0 Å². The number of thioether (sulfide) groups is 1. The highest BCUT2D eigenvalue weighted by Crippen LogP contribution is 2.36. The Morgan fingerprint density at radius 3 is 2.69 bits per heavy atom. The van der Waals surface area contributed by atoms with E-state index in [1.54, 1.807) is 16.4 Å². The molecule has 7 heteroatoms. The first-order valence-corrected chi connectivity index (χ1v) is 9.66. The van der Waals surface area contributed by atoms with Gasteiger partial charge in [0.25, 0.3) is 5.91 Å². The molecule has 0 fully saturated rings. The second kappa shape index (κ2) is 7.43. The SMILES string of the molecule is O=C(COc1ccccc1)Nc1c2c(nn1-c1ccc(Cl)cc1)CSC2. The zero-order valence-corrected chi connectivity index (χ0v) is 15.4. The summed E-state index contributed by atoms with van der Waals surface area (Å²) in [6.45, 7) is -0.0578. The highest BCUT2D eigenvalue weighted by atomic mass is 35.5. The molecule has 4 rings (SSSR count). The minimum atomic E-state index is -0.219. The molecular formula is C19H16ClN3O2S. The number of para-hydroxylation sites is 1. The Labute approximate surface area is 160 Å². The Hall–Kier alpha value is -2.44. The Bertz CT molecular complexity index is 926. The van der Waals surface area contributed by atoms with E-state index in [9.17, 15) is 4.79 Å². The van der Waals surface area contributed by atoms with Crippen LogP contribution in [0, 0.1) is 0 Å². The smallest absolute Gasteiger partial charge is 0.263 e. The molecule has 2 heterocycles. The van der Waals surface area contributed by atoms with Gasteiger partial charge in [-0.05, 0) is 36.4 Å². The first kappa shape index (κ1) is 17.0. The van der Waals surface area contributed by atoms with Gasteiger partial charge in [0.1, 0.15) is 11.6 Å². The molecule has 1 aliphatic heterocycles. The fraction of sp³-hybridized carbons (Fsp3) is 0.158. The van der Waals surface area contributed by atoms with E-state index in [2.05, 4.69) is 10.4 Å². The lowest BCUT2D eigenvalue weighted by atomic mass is 10.2. The molecule has 3 aromatic rings. The predicted octanol–water partition coefficient (Wildman–Crippen LogP) is 4.29. The van der Waals surface area contributed by atoms with E-state index >= 15 is 0 Å². The van der Waals surface area contributed by atoms with Crippen molar-refractivity contribution in [1.29, 1.82) is 0 Å². The Morgan fingerprint density at radius 2 is 1.92 bits per heavy atom. The molecule has 2 aromatic carbocycles. The maximum absolute atomic E-state index is 12.4. The van der Waals surface area contributed by atoms with Crippen LogP contribution in [-0.4, -0.2) is 22.3 Å². The number of rotatable bonds is 5. The van der Waals surface area contributed by atoms with Gasteiger partial charge in [-0.2, -0.15) is 16.9 Å². The highest BCUT2D eigenvalue weighted by Gasteiger charge is 2.24. The van der Waals surface area contributed by atoms with E-state index in [0.717, 1.165) is 28.5 Å². The van der Waals surface area contributed by atoms with E-state index in [4.69, 9.17) is 16.3 Å². The Kier molecular flexibility index (Phi) is 4.86. The van der Waals surface area contributed by atoms with Crippen LogP contribution in [0.25, 0.3) is 5.69 Å². The average Bonchev–Trinajstić information content (AvgIpc) is 3.24. The number of aromatic nitrogens is 2. The van der Waals surface area contributed by atoms with Crippen LogP contribution in [0.2, 0.25) is 5.02 Å². The van der Waals surface area contributed by atoms with Crippen molar-refractivity contribution in [3.63, 3.8) is 0 Å². The van der Waals surface area contributed by atoms with Crippen molar-refractivity contribution in [2.75, 3.05) is 11.9 Å². The molecule has 1 aromatic heterocycles. The summed E-state index contributed by atoms with van der Waals surface area (Å²) in [5, 5.41) is 8.28. The summed E-state index contributed by atoms with van der Waals surface area (Å²) in [5.41, 5.74) is 2.93. The largest absolute Gasteiger partial charge is 0.484 e. The van der Waals surface area contributed by atoms with Crippen LogP contribution >= 0.6 is 23.4 Å². The summed E-state index contributed by atoms with van der Waals surface area (Å²) >= 11 is 7.77. The van der Waals surface area contributed by atoms with Crippen LogP contribution in [0.15, 0.2) is 54.6 Å². The number of hydrogen-bond acceptors (Lipinski definition) is 4. The standard InChI is InChI=1S/C19H16ClN3O2S/c20-13-6-8-14(9-7-13)23-19(16-11-26-12-17(16)22-23)21-18(24)10-25-15-4-2-1-3-5-15/h1-9H,10-12H2,(H,21,24).